The molecular formula is C15H26N2O. The van der Waals surface area contributed by atoms with Gasteiger partial charge in [0.1, 0.15) is 0 Å². The van der Waals surface area contributed by atoms with Gasteiger partial charge in [0, 0.05) is 38.0 Å². The van der Waals surface area contributed by atoms with E-state index in [0.717, 1.165) is 19.7 Å². The first kappa shape index (κ1) is 15.0. The zero-order valence-electron chi connectivity index (χ0n) is 12.0. The number of nitrogens with zero attached hydrogens (tertiary/aromatic N) is 1. The van der Waals surface area contributed by atoms with E-state index in [2.05, 4.69) is 55.3 Å². The summed E-state index contributed by atoms with van der Waals surface area (Å²) in [5, 5.41) is 3.47. The second-order valence-corrected chi connectivity index (χ2v) is 4.92. The lowest BCUT2D eigenvalue weighted by Crippen LogP contribution is -2.44. The average molecular weight is 250 g/mol. The molecule has 0 aliphatic rings. The lowest BCUT2D eigenvalue weighted by molar-refractivity contribution is 0.106. The van der Waals surface area contributed by atoms with E-state index in [1.54, 1.807) is 7.11 Å². The van der Waals surface area contributed by atoms with Gasteiger partial charge in [-0.05, 0) is 32.9 Å². The van der Waals surface area contributed by atoms with Crippen LogP contribution >= 0.6 is 0 Å². The minimum Gasteiger partial charge on any atom is -0.383 e. The Hall–Kier alpha value is -1.06. The first-order valence-electron chi connectivity index (χ1n) is 6.68. The number of benzene rings is 1. The fraction of sp³-hybridized carbons (Fsp3) is 0.600. The predicted octanol–water partition coefficient (Wildman–Crippen LogP) is 2.84. The summed E-state index contributed by atoms with van der Waals surface area (Å²) in [5.41, 5.74) is 1.18. The van der Waals surface area contributed by atoms with Gasteiger partial charge in [-0.25, -0.2) is 0 Å². The molecule has 1 atom stereocenters. The van der Waals surface area contributed by atoms with Crippen LogP contribution in [0.5, 0.6) is 0 Å². The molecular weight excluding hydrogens is 224 g/mol. The number of nitrogens with one attached hydrogen (secondary N) is 1. The number of ether oxygens (including phenoxy) is 1. The summed E-state index contributed by atoms with van der Waals surface area (Å²) in [4.78, 5) is 2.46. The molecule has 1 N–H and O–H groups in total. The zero-order valence-corrected chi connectivity index (χ0v) is 12.0. The number of hydrogen-bond acceptors (Lipinski definition) is 3. The van der Waals surface area contributed by atoms with Gasteiger partial charge in [-0.1, -0.05) is 18.2 Å². The lowest BCUT2D eigenvalue weighted by atomic mass is 10.2. The van der Waals surface area contributed by atoms with E-state index in [0.29, 0.717) is 12.1 Å². The molecule has 0 fully saturated rings. The lowest BCUT2D eigenvalue weighted by Gasteiger charge is -2.32. The molecule has 0 amide bonds. The van der Waals surface area contributed by atoms with E-state index < -0.39 is 0 Å². The van der Waals surface area contributed by atoms with Crippen LogP contribution in [0.25, 0.3) is 0 Å². The van der Waals surface area contributed by atoms with Gasteiger partial charge in [-0.15, -0.1) is 0 Å². The van der Waals surface area contributed by atoms with Gasteiger partial charge in [-0.2, -0.15) is 0 Å². The van der Waals surface area contributed by atoms with E-state index in [9.17, 15) is 0 Å². The van der Waals surface area contributed by atoms with Crippen LogP contribution in [0.3, 0.4) is 0 Å². The third kappa shape index (κ3) is 5.07. The van der Waals surface area contributed by atoms with Crippen molar-refractivity contribution in [1.29, 1.82) is 0 Å². The highest BCUT2D eigenvalue weighted by Crippen LogP contribution is 2.09. The fourth-order valence-corrected chi connectivity index (χ4v) is 2.12. The second kappa shape index (κ2) is 8.11. The van der Waals surface area contributed by atoms with Gasteiger partial charge in [0.15, 0.2) is 0 Å². The Balaban J connectivity index is 2.43. The molecule has 1 aromatic rings. The Labute approximate surface area is 111 Å². The number of hydrogen-bond donors (Lipinski definition) is 1. The molecule has 0 saturated heterocycles. The van der Waals surface area contributed by atoms with E-state index in [1.807, 2.05) is 6.07 Å². The van der Waals surface area contributed by atoms with Crippen molar-refractivity contribution in [3.05, 3.63) is 30.3 Å². The summed E-state index contributed by atoms with van der Waals surface area (Å²) >= 11 is 0. The van der Waals surface area contributed by atoms with Crippen molar-refractivity contribution < 1.29 is 4.74 Å². The fourth-order valence-electron chi connectivity index (χ4n) is 2.12. The van der Waals surface area contributed by atoms with Crippen molar-refractivity contribution in [2.75, 3.05) is 32.1 Å². The predicted molar refractivity (Wildman–Crippen MR) is 78.1 cm³/mol. The van der Waals surface area contributed by atoms with Crippen LogP contribution in [0.1, 0.15) is 20.8 Å². The van der Waals surface area contributed by atoms with Gasteiger partial charge in [0.05, 0.1) is 6.61 Å². The Bertz CT molecular complexity index is 314. The standard InChI is InChI=1S/C15H26N2O/c1-13(2)17(10-11-18-4)14(3)12-16-15-8-6-5-7-9-15/h5-9,13-14,16H,10-12H2,1-4H3. The molecule has 0 saturated carbocycles. The van der Waals surface area contributed by atoms with Gasteiger partial charge in [0.25, 0.3) is 0 Å². The van der Waals surface area contributed by atoms with Crippen LogP contribution in [0.4, 0.5) is 5.69 Å². The van der Waals surface area contributed by atoms with E-state index in [1.165, 1.54) is 5.69 Å². The molecule has 0 bridgehead atoms. The molecule has 1 unspecified atom stereocenters. The molecule has 3 nitrogen and oxygen atoms in total. The van der Waals surface area contributed by atoms with Gasteiger partial charge in [-0.3, -0.25) is 4.90 Å². The molecule has 0 aromatic heterocycles. The van der Waals surface area contributed by atoms with E-state index in [-0.39, 0.29) is 0 Å². The third-order valence-corrected chi connectivity index (χ3v) is 3.16. The molecule has 0 spiro atoms. The first-order valence-corrected chi connectivity index (χ1v) is 6.68. The normalized spacial score (nSPS) is 13.0. The third-order valence-electron chi connectivity index (χ3n) is 3.16. The number of para-hydroxylation sites is 1. The van der Waals surface area contributed by atoms with Crippen molar-refractivity contribution in [2.45, 2.75) is 32.9 Å². The van der Waals surface area contributed by atoms with Crippen LogP contribution in [-0.4, -0.2) is 43.8 Å². The van der Waals surface area contributed by atoms with Crippen LogP contribution in [0.15, 0.2) is 30.3 Å². The topological polar surface area (TPSA) is 24.5 Å². The Morgan fingerprint density at radius 2 is 1.83 bits per heavy atom. The summed E-state index contributed by atoms with van der Waals surface area (Å²) in [5.74, 6) is 0. The maximum Gasteiger partial charge on any atom is 0.0589 e. The molecule has 3 heteroatoms. The highest BCUT2D eigenvalue weighted by molar-refractivity contribution is 5.42. The first-order chi connectivity index (χ1) is 8.65. The van der Waals surface area contributed by atoms with Crippen molar-refractivity contribution >= 4 is 5.69 Å². The summed E-state index contributed by atoms with van der Waals surface area (Å²) in [7, 11) is 1.76. The summed E-state index contributed by atoms with van der Waals surface area (Å²) in [6.45, 7) is 9.43. The van der Waals surface area contributed by atoms with Gasteiger partial charge >= 0.3 is 0 Å². The highest BCUT2D eigenvalue weighted by atomic mass is 16.5. The molecule has 1 rings (SSSR count). The smallest absolute Gasteiger partial charge is 0.0589 e. The maximum absolute atomic E-state index is 5.17. The SMILES string of the molecule is COCCN(C(C)C)C(C)CNc1ccccc1. The van der Waals surface area contributed by atoms with Crippen molar-refractivity contribution in [1.82, 2.24) is 4.90 Å². The van der Waals surface area contributed by atoms with E-state index >= 15 is 0 Å². The molecule has 0 radical (unpaired) electrons. The molecule has 1 aromatic carbocycles. The van der Waals surface area contributed by atoms with Gasteiger partial charge < -0.3 is 10.1 Å². The molecule has 0 heterocycles. The Kier molecular flexibility index (Phi) is 6.76. The molecule has 18 heavy (non-hydrogen) atoms. The van der Waals surface area contributed by atoms with Crippen molar-refractivity contribution in [3.8, 4) is 0 Å². The summed E-state index contributed by atoms with van der Waals surface area (Å²) in [6, 6.07) is 11.4. The van der Waals surface area contributed by atoms with Gasteiger partial charge in [0.2, 0.25) is 0 Å². The largest absolute Gasteiger partial charge is 0.383 e. The van der Waals surface area contributed by atoms with Crippen molar-refractivity contribution in [3.63, 3.8) is 0 Å². The van der Waals surface area contributed by atoms with E-state index in [4.69, 9.17) is 4.74 Å². The number of anilines is 1. The highest BCUT2D eigenvalue weighted by Gasteiger charge is 2.16. The molecule has 102 valence electrons. The van der Waals surface area contributed by atoms with Crippen LogP contribution < -0.4 is 5.32 Å². The second-order valence-electron chi connectivity index (χ2n) is 4.92. The van der Waals surface area contributed by atoms with Crippen LogP contribution in [-0.2, 0) is 4.74 Å². The molecule has 0 aliphatic heterocycles. The Morgan fingerprint density at radius 3 is 2.39 bits per heavy atom. The quantitative estimate of drug-likeness (QED) is 0.768. The summed E-state index contributed by atoms with van der Waals surface area (Å²) in [6.07, 6.45) is 0. The zero-order chi connectivity index (χ0) is 13.4. The Morgan fingerprint density at radius 1 is 1.17 bits per heavy atom. The molecule has 0 aliphatic carbocycles. The summed E-state index contributed by atoms with van der Waals surface area (Å²) < 4.78 is 5.17. The minimum atomic E-state index is 0.486. The average Bonchev–Trinajstić information content (AvgIpc) is 2.37. The van der Waals surface area contributed by atoms with Crippen molar-refractivity contribution in [2.24, 2.45) is 0 Å². The van der Waals surface area contributed by atoms with Crippen LogP contribution in [0.2, 0.25) is 0 Å². The monoisotopic (exact) mass is 250 g/mol. The van der Waals surface area contributed by atoms with Crippen LogP contribution in [0, 0.1) is 0 Å². The minimum absolute atomic E-state index is 0.486. The number of methoxy groups -OCH3 is 1. The maximum atomic E-state index is 5.17. The number of rotatable bonds is 8.